The second kappa shape index (κ2) is 7.51. The van der Waals surface area contributed by atoms with Crippen molar-refractivity contribution in [2.24, 2.45) is 17.8 Å². The third-order valence-corrected chi connectivity index (χ3v) is 5.23. The summed E-state index contributed by atoms with van der Waals surface area (Å²) in [5.41, 5.74) is -0.183. The summed E-state index contributed by atoms with van der Waals surface area (Å²) in [7, 11) is 0. The highest BCUT2D eigenvalue weighted by Crippen LogP contribution is 2.40. The van der Waals surface area contributed by atoms with Gasteiger partial charge in [-0.3, -0.25) is 14.4 Å². The van der Waals surface area contributed by atoms with Gasteiger partial charge in [-0.15, -0.1) is 0 Å². The molecular formula is C19H21F2NO4. The van der Waals surface area contributed by atoms with Crippen molar-refractivity contribution in [3.05, 3.63) is 29.8 Å². The van der Waals surface area contributed by atoms with Crippen LogP contribution in [-0.2, 0) is 19.1 Å². The van der Waals surface area contributed by atoms with Crippen LogP contribution in [0.15, 0.2) is 18.2 Å². The molecule has 5 nitrogen and oxygen atoms in total. The van der Waals surface area contributed by atoms with Crippen LogP contribution in [0.3, 0.4) is 0 Å². The number of ether oxygens (including phenoxy) is 1. The molecule has 0 aromatic heterocycles. The van der Waals surface area contributed by atoms with Gasteiger partial charge in [0, 0.05) is 17.9 Å². The highest BCUT2D eigenvalue weighted by Gasteiger charge is 2.42. The van der Waals surface area contributed by atoms with E-state index in [0.717, 1.165) is 31.4 Å². The van der Waals surface area contributed by atoms with Crippen molar-refractivity contribution in [3.63, 3.8) is 0 Å². The second-order valence-corrected chi connectivity index (χ2v) is 7.09. The van der Waals surface area contributed by atoms with Gasteiger partial charge in [0.1, 0.15) is 17.4 Å². The Morgan fingerprint density at radius 2 is 1.85 bits per heavy atom. The fourth-order valence-corrected chi connectivity index (χ4v) is 3.82. The lowest BCUT2D eigenvalue weighted by atomic mass is 9.67. The van der Waals surface area contributed by atoms with Crippen LogP contribution in [-0.4, -0.2) is 23.8 Å². The summed E-state index contributed by atoms with van der Waals surface area (Å²) in [5, 5.41) is 2.28. The molecule has 0 aliphatic heterocycles. The van der Waals surface area contributed by atoms with Crippen LogP contribution in [0, 0.1) is 29.4 Å². The van der Waals surface area contributed by atoms with Gasteiger partial charge in [-0.25, -0.2) is 8.78 Å². The van der Waals surface area contributed by atoms with Crippen LogP contribution in [0.2, 0.25) is 0 Å². The Hall–Kier alpha value is -2.31. The normalized spacial score (nSPS) is 26.1. The van der Waals surface area contributed by atoms with Gasteiger partial charge >= 0.3 is 5.97 Å². The van der Waals surface area contributed by atoms with Crippen molar-refractivity contribution in [2.75, 3.05) is 5.32 Å². The number of benzene rings is 1. The van der Waals surface area contributed by atoms with Crippen LogP contribution in [0.1, 0.15) is 39.0 Å². The minimum Gasteiger partial charge on any atom is -0.452 e. The van der Waals surface area contributed by atoms with Crippen molar-refractivity contribution in [2.45, 2.75) is 45.1 Å². The molecule has 2 fully saturated rings. The summed E-state index contributed by atoms with van der Waals surface area (Å²) in [5.74, 6) is -3.17. The van der Waals surface area contributed by atoms with Gasteiger partial charge in [0.15, 0.2) is 6.10 Å². The maximum absolute atomic E-state index is 13.6. The molecule has 1 aromatic rings. The number of rotatable bonds is 4. The van der Waals surface area contributed by atoms with Gasteiger partial charge in [-0.1, -0.05) is 6.42 Å². The lowest BCUT2D eigenvalue weighted by Gasteiger charge is -2.36. The fraction of sp³-hybridized carbons (Fsp3) is 0.526. The van der Waals surface area contributed by atoms with Gasteiger partial charge in [0.05, 0.1) is 11.6 Å². The van der Waals surface area contributed by atoms with Crippen LogP contribution in [0.4, 0.5) is 14.5 Å². The number of fused-ring (bicyclic) bond motifs is 2. The Kier molecular flexibility index (Phi) is 5.34. The first-order valence-electron chi connectivity index (χ1n) is 8.85. The highest BCUT2D eigenvalue weighted by atomic mass is 19.1. The van der Waals surface area contributed by atoms with Crippen molar-refractivity contribution < 1.29 is 27.9 Å². The van der Waals surface area contributed by atoms with E-state index < -0.39 is 29.6 Å². The fourth-order valence-electron chi connectivity index (χ4n) is 3.82. The Bertz CT molecular complexity index is 720. The van der Waals surface area contributed by atoms with E-state index in [4.69, 9.17) is 4.74 Å². The first-order valence-corrected chi connectivity index (χ1v) is 8.85. The van der Waals surface area contributed by atoms with Gasteiger partial charge < -0.3 is 10.1 Å². The predicted octanol–water partition coefficient (Wildman–Crippen LogP) is 3.23. The summed E-state index contributed by atoms with van der Waals surface area (Å²) in [6.07, 6.45) is 2.43. The molecule has 2 aliphatic carbocycles. The molecule has 0 saturated heterocycles. The summed E-state index contributed by atoms with van der Waals surface area (Å²) >= 11 is 0. The van der Waals surface area contributed by atoms with E-state index in [1.54, 1.807) is 0 Å². The smallest absolute Gasteiger partial charge is 0.309 e. The molecule has 3 rings (SSSR count). The average molecular weight is 365 g/mol. The van der Waals surface area contributed by atoms with Crippen LogP contribution < -0.4 is 5.32 Å². The van der Waals surface area contributed by atoms with Gasteiger partial charge in [-0.2, -0.15) is 0 Å². The number of hydrogen-bond donors (Lipinski definition) is 1. The SMILES string of the molecule is C[C@@H](OC(=O)C1C[C@H]2CCC[C@@H](C1)C2=O)C(=O)Nc1ccc(F)cc1F. The van der Waals surface area contributed by atoms with Crippen molar-refractivity contribution in [1.29, 1.82) is 0 Å². The predicted molar refractivity (Wildman–Crippen MR) is 89.1 cm³/mol. The second-order valence-electron chi connectivity index (χ2n) is 7.09. The van der Waals surface area contributed by atoms with Crippen molar-refractivity contribution in [1.82, 2.24) is 0 Å². The monoisotopic (exact) mass is 365 g/mol. The Balaban J connectivity index is 1.57. The zero-order chi connectivity index (χ0) is 18.8. The molecule has 1 N–H and O–H groups in total. The molecule has 0 heterocycles. The quantitative estimate of drug-likeness (QED) is 0.832. The number of hydrogen-bond acceptors (Lipinski definition) is 4. The molecule has 2 saturated carbocycles. The maximum atomic E-state index is 13.6. The van der Waals surface area contributed by atoms with Gasteiger partial charge in [-0.05, 0) is 44.7 Å². The van der Waals surface area contributed by atoms with Crippen molar-refractivity contribution in [3.8, 4) is 0 Å². The Labute approximate surface area is 150 Å². The first kappa shape index (κ1) is 18.5. The molecule has 0 radical (unpaired) electrons. The summed E-state index contributed by atoms with van der Waals surface area (Å²) in [6, 6.07) is 2.78. The highest BCUT2D eigenvalue weighted by molar-refractivity contribution is 5.95. The number of nitrogens with one attached hydrogen (secondary N) is 1. The minimum absolute atomic E-state index is 0.0857. The molecule has 4 atom stereocenters. The van der Waals surface area contributed by atoms with E-state index >= 15 is 0 Å². The maximum Gasteiger partial charge on any atom is 0.309 e. The molecular weight excluding hydrogens is 344 g/mol. The number of carbonyl (C=O) groups is 3. The van der Waals surface area contributed by atoms with Crippen LogP contribution in [0.5, 0.6) is 0 Å². The van der Waals surface area contributed by atoms with Crippen molar-refractivity contribution >= 4 is 23.3 Å². The number of amides is 1. The number of halogens is 2. The number of anilines is 1. The number of carbonyl (C=O) groups excluding carboxylic acids is 3. The molecule has 2 aliphatic rings. The van der Waals surface area contributed by atoms with Gasteiger partial charge in [0.25, 0.3) is 5.91 Å². The third kappa shape index (κ3) is 3.92. The zero-order valence-corrected chi connectivity index (χ0v) is 14.5. The molecule has 1 amide bonds. The van der Waals surface area contributed by atoms with E-state index in [9.17, 15) is 23.2 Å². The number of esters is 1. The Morgan fingerprint density at radius 3 is 2.46 bits per heavy atom. The molecule has 0 spiro atoms. The Morgan fingerprint density at radius 1 is 1.19 bits per heavy atom. The standard InChI is InChI=1S/C19H21F2NO4/c1-10(18(24)22-16-6-5-14(20)9-15(16)21)26-19(25)13-7-11-3-2-4-12(8-13)17(11)23/h5-6,9-13H,2-4,7-8H2,1H3,(H,22,24)/t10-,11-,12+,13?/m1/s1. The lowest BCUT2D eigenvalue weighted by molar-refractivity contribution is -0.161. The summed E-state index contributed by atoms with van der Waals surface area (Å²) in [6.45, 7) is 1.39. The topological polar surface area (TPSA) is 72.5 Å². The third-order valence-electron chi connectivity index (χ3n) is 5.23. The van der Waals surface area contributed by atoms with Gasteiger partial charge in [0.2, 0.25) is 0 Å². The molecule has 26 heavy (non-hydrogen) atoms. The average Bonchev–Trinajstić information content (AvgIpc) is 2.56. The van der Waals surface area contributed by atoms with E-state index in [1.807, 2.05) is 0 Å². The lowest BCUT2D eigenvalue weighted by Crippen LogP contribution is -2.41. The molecule has 1 unspecified atom stereocenters. The van der Waals surface area contributed by atoms with E-state index in [0.29, 0.717) is 18.9 Å². The first-order chi connectivity index (χ1) is 12.3. The van der Waals surface area contributed by atoms with Crippen LogP contribution >= 0.6 is 0 Å². The molecule has 140 valence electrons. The zero-order valence-electron chi connectivity index (χ0n) is 14.5. The summed E-state index contributed by atoms with van der Waals surface area (Å²) < 4.78 is 31.7. The van der Waals surface area contributed by atoms with E-state index in [1.165, 1.54) is 6.92 Å². The number of ketones is 1. The van der Waals surface area contributed by atoms with Crippen LogP contribution in [0.25, 0.3) is 0 Å². The molecule has 7 heteroatoms. The van der Waals surface area contributed by atoms with E-state index in [-0.39, 0.29) is 29.2 Å². The summed E-state index contributed by atoms with van der Waals surface area (Å²) in [4.78, 5) is 36.6. The number of Topliss-reactive ketones (excluding diaryl/α,β-unsaturated/α-hetero) is 1. The molecule has 2 bridgehead atoms. The molecule has 1 aromatic carbocycles. The minimum atomic E-state index is -1.12. The van der Waals surface area contributed by atoms with E-state index in [2.05, 4.69) is 5.32 Å². The largest absolute Gasteiger partial charge is 0.452 e.